The van der Waals surface area contributed by atoms with Crippen LogP contribution >= 0.6 is 0 Å². The molecule has 3 rings (SSSR count). The van der Waals surface area contributed by atoms with Crippen molar-refractivity contribution in [2.45, 2.75) is 25.4 Å². The number of hydrogen-bond acceptors (Lipinski definition) is 2. The van der Waals surface area contributed by atoms with Crippen LogP contribution in [0.15, 0.2) is 42.5 Å². The fourth-order valence-corrected chi connectivity index (χ4v) is 2.55. The molecule has 0 radical (unpaired) electrons. The van der Waals surface area contributed by atoms with Gasteiger partial charge in [0.1, 0.15) is 0 Å². The molecule has 0 atom stereocenters. The Morgan fingerprint density at radius 3 is 2.74 bits per heavy atom. The van der Waals surface area contributed by atoms with E-state index >= 15 is 0 Å². The normalized spacial score (nSPS) is 15.3. The fraction of sp³-hybridized carbons (Fsp3) is 0.412. The van der Waals surface area contributed by atoms with Crippen LogP contribution in [0, 0.1) is 0 Å². The highest BCUT2D eigenvalue weighted by molar-refractivity contribution is 5.85. The molecular weight excluding hydrogens is 232 g/mol. The molecule has 0 bridgehead atoms. The molecule has 19 heavy (non-hydrogen) atoms. The molecule has 0 amide bonds. The molecule has 0 aromatic heterocycles. The fourth-order valence-electron chi connectivity index (χ4n) is 2.55. The first-order valence-corrected chi connectivity index (χ1v) is 7.21. The molecule has 1 aliphatic rings. The van der Waals surface area contributed by atoms with E-state index in [0.717, 1.165) is 25.7 Å². The van der Waals surface area contributed by atoms with Crippen LogP contribution in [0.2, 0.25) is 0 Å². The quantitative estimate of drug-likeness (QED) is 0.852. The van der Waals surface area contributed by atoms with Crippen molar-refractivity contribution in [3.8, 4) is 0 Å². The zero-order valence-corrected chi connectivity index (χ0v) is 11.6. The second-order valence-electron chi connectivity index (χ2n) is 5.60. The molecule has 100 valence electrons. The molecule has 2 heteroatoms. The Bertz CT molecular complexity index is 540. The zero-order chi connectivity index (χ0) is 13.1. The van der Waals surface area contributed by atoms with Gasteiger partial charge in [0.05, 0.1) is 0 Å². The standard InChI is InChI=1S/C17H22N2/c1-19(12-11-18-16-9-10-16)13-15-7-4-6-14-5-2-3-8-17(14)15/h2-8,16,18H,9-13H2,1H3. The van der Waals surface area contributed by atoms with Gasteiger partial charge in [-0.3, -0.25) is 0 Å². The van der Waals surface area contributed by atoms with Gasteiger partial charge in [-0.1, -0.05) is 42.5 Å². The summed E-state index contributed by atoms with van der Waals surface area (Å²) in [7, 11) is 2.20. The number of likely N-dealkylation sites (N-methyl/N-ethyl adjacent to an activating group) is 1. The van der Waals surface area contributed by atoms with Gasteiger partial charge in [-0.15, -0.1) is 0 Å². The lowest BCUT2D eigenvalue weighted by atomic mass is 10.0. The van der Waals surface area contributed by atoms with E-state index in [9.17, 15) is 0 Å². The predicted molar refractivity (Wildman–Crippen MR) is 81.3 cm³/mol. The highest BCUT2D eigenvalue weighted by Gasteiger charge is 2.19. The molecular formula is C17H22N2. The Kier molecular flexibility index (Phi) is 3.81. The summed E-state index contributed by atoms with van der Waals surface area (Å²) in [4.78, 5) is 2.40. The van der Waals surface area contributed by atoms with Crippen LogP contribution in [-0.4, -0.2) is 31.1 Å². The third-order valence-electron chi connectivity index (χ3n) is 3.82. The summed E-state index contributed by atoms with van der Waals surface area (Å²) in [6, 6.07) is 16.0. The van der Waals surface area contributed by atoms with E-state index in [1.807, 2.05) is 0 Å². The number of benzene rings is 2. The largest absolute Gasteiger partial charge is 0.313 e. The zero-order valence-electron chi connectivity index (χ0n) is 11.6. The summed E-state index contributed by atoms with van der Waals surface area (Å²) in [6.45, 7) is 3.24. The number of fused-ring (bicyclic) bond motifs is 1. The third kappa shape index (κ3) is 3.34. The maximum Gasteiger partial charge on any atom is 0.0237 e. The van der Waals surface area contributed by atoms with Crippen LogP contribution in [0.25, 0.3) is 10.8 Å². The Morgan fingerprint density at radius 1 is 1.11 bits per heavy atom. The van der Waals surface area contributed by atoms with Gasteiger partial charge in [-0.2, -0.15) is 0 Å². The molecule has 2 nitrogen and oxygen atoms in total. The van der Waals surface area contributed by atoms with E-state index < -0.39 is 0 Å². The number of nitrogens with zero attached hydrogens (tertiary/aromatic N) is 1. The van der Waals surface area contributed by atoms with Gasteiger partial charge in [0.2, 0.25) is 0 Å². The Labute approximate surface area is 115 Å². The van der Waals surface area contributed by atoms with Crippen LogP contribution in [0.3, 0.4) is 0 Å². The number of nitrogens with one attached hydrogen (secondary N) is 1. The smallest absolute Gasteiger partial charge is 0.0237 e. The first-order valence-electron chi connectivity index (χ1n) is 7.21. The van der Waals surface area contributed by atoms with Crippen molar-refractivity contribution < 1.29 is 0 Å². The maximum absolute atomic E-state index is 3.57. The van der Waals surface area contributed by atoms with Gasteiger partial charge in [-0.05, 0) is 36.2 Å². The lowest BCUT2D eigenvalue weighted by Crippen LogP contribution is -2.30. The van der Waals surface area contributed by atoms with Crippen LogP contribution in [0.4, 0.5) is 0 Å². The van der Waals surface area contributed by atoms with Crippen molar-refractivity contribution >= 4 is 10.8 Å². The van der Waals surface area contributed by atoms with Gasteiger partial charge >= 0.3 is 0 Å². The number of rotatable bonds is 6. The highest BCUT2D eigenvalue weighted by Crippen LogP contribution is 2.20. The summed E-state index contributed by atoms with van der Waals surface area (Å²) in [5.41, 5.74) is 1.42. The molecule has 0 unspecified atom stereocenters. The molecule has 0 heterocycles. The minimum absolute atomic E-state index is 0.811. The van der Waals surface area contributed by atoms with E-state index in [4.69, 9.17) is 0 Å². The predicted octanol–water partition coefficient (Wildman–Crippen LogP) is 3.02. The molecule has 1 aliphatic carbocycles. The molecule has 2 aromatic rings. The Morgan fingerprint density at radius 2 is 1.89 bits per heavy atom. The summed E-state index contributed by atoms with van der Waals surface area (Å²) >= 11 is 0. The van der Waals surface area contributed by atoms with E-state index in [-0.39, 0.29) is 0 Å². The first kappa shape index (κ1) is 12.6. The van der Waals surface area contributed by atoms with Crippen LogP contribution < -0.4 is 5.32 Å². The first-order chi connectivity index (χ1) is 9.33. The van der Waals surface area contributed by atoms with Crippen molar-refractivity contribution in [1.29, 1.82) is 0 Å². The van der Waals surface area contributed by atoms with E-state index in [0.29, 0.717) is 0 Å². The van der Waals surface area contributed by atoms with Crippen LogP contribution in [0.1, 0.15) is 18.4 Å². The van der Waals surface area contributed by atoms with Crippen molar-refractivity contribution in [2.75, 3.05) is 20.1 Å². The molecule has 0 aliphatic heterocycles. The van der Waals surface area contributed by atoms with Crippen LogP contribution in [-0.2, 0) is 6.54 Å². The van der Waals surface area contributed by atoms with Gasteiger partial charge in [0, 0.05) is 25.7 Å². The lowest BCUT2D eigenvalue weighted by molar-refractivity contribution is 0.325. The molecule has 0 saturated heterocycles. The summed E-state index contributed by atoms with van der Waals surface area (Å²) in [5, 5.41) is 6.29. The SMILES string of the molecule is CN(CCNC1CC1)Cc1cccc2ccccc12. The highest BCUT2D eigenvalue weighted by atomic mass is 15.1. The van der Waals surface area contributed by atoms with Crippen LogP contribution in [0.5, 0.6) is 0 Å². The van der Waals surface area contributed by atoms with Crippen molar-refractivity contribution in [3.63, 3.8) is 0 Å². The van der Waals surface area contributed by atoms with Crippen molar-refractivity contribution in [2.24, 2.45) is 0 Å². The second-order valence-corrected chi connectivity index (χ2v) is 5.60. The second kappa shape index (κ2) is 5.72. The maximum atomic E-state index is 3.57. The number of hydrogen-bond donors (Lipinski definition) is 1. The minimum atomic E-state index is 0.811. The summed E-state index contributed by atoms with van der Waals surface area (Å²) in [5.74, 6) is 0. The van der Waals surface area contributed by atoms with Gasteiger partial charge in [-0.25, -0.2) is 0 Å². The average molecular weight is 254 g/mol. The van der Waals surface area contributed by atoms with Crippen molar-refractivity contribution in [3.05, 3.63) is 48.0 Å². The summed E-state index contributed by atoms with van der Waals surface area (Å²) in [6.07, 6.45) is 2.74. The Balaban J connectivity index is 1.63. The molecule has 1 saturated carbocycles. The molecule has 2 aromatic carbocycles. The van der Waals surface area contributed by atoms with Gasteiger partial charge in [0.15, 0.2) is 0 Å². The minimum Gasteiger partial charge on any atom is -0.313 e. The average Bonchev–Trinajstić information content (AvgIpc) is 3.23. The van der Waals surface area contributed by atoms with Gasteiger partial charge in [0.25, 0.3) is 0 Å². The molecule has 1 fully saturated rings. The molecule has 1 N–H and O–H groups in total. The monoisotopic (exact) mass is 254 g/mol. The summed E-state index contributed by atoms with van der Waals surface area (Å²) < 4.78 is 0. The molecule has 0 spiro atoms. The van der Waals surface area contributed by atoms with E-state index in [1.54, 1.807) is 0 Å². The topological polar surface area (TPSA) is 15.3 Å². The third-order valence-corrected chi connectivity index (χ3v) is 3.82. The van der Waals surface area contributed by atoms with E-state index in [2.05, 4.69) is 59.7 Å². The lowest BCUT2D eigenvalue weighted by Gasteiger charge is -2.18. The van der Waals surface area contributed by atoms with Gasteiger partial charge < -0.3 is 10.2 Å². The van der Waals surface area contributed by atoms with Crippen molar-refractivity contribution in [1.82, 2.24) is 10.2 Å². The van der Waals surface area contributed by atoms with E-state index in [1.165, 1.54) is 29.2 Å². The Hall–Kier alpha value is -1.38.